The van der Waals surface area contributed by atoms with Crippen LogP contribution in [-0.4, -0.2) is 31.8 Å². The van der Waals surface area contributed by atoms with E-state index in [0.717, 1.165) is 44.1 Å². The molecule has 0 amide bonds. The molecule has 0 fully saturated rings. The van der Waals surface area contributed by atoms with Gasteiger partial charge in [0.1, 0.15) is 21.9 Å². The highest BCUT2D eigenvalue weighted by Crippen LogP contribution is 2.35. The number of rotatable bonds is 5. The lowest BCUT2D eigenvalue weighted by Gasteiger charge is -2.10. The zero-order valence-electron chi connectivity index (χ0n) is 13.7. The van der Waals surface area contributed by atoms with Crippen molar-refractivity contribution in [1.82, 2.24) is 24.7 Å². The van der Waals surface area contributed by atoms with Gasteiger partial charge in [-0.1, -0.05) is 12.1 Å². The van der Waals surface area contributed by atoms with Crippen molar-refractivity contribution in [2.45, 2.75) is 23.7 Å². The lowest BCUT2D eigenvalue weighted by molar-refractivity contribution is 0.416. The zero-order chi connectivity index (χ0) is 17.2. The van der Waals surface area contributed by atoms with Gasteiger partial charge in [0.05, 0.1) is 12.7 Å². The van der Waals surface area contributed by atoms with Gasteiger partial charge < -0.3 is 9.30 Å². The van der Waals surface area contributed by atoms with Gasteiger partial charge in [0.25, 0.3) is 0 Å². The summed E-state index contributed by atoms with van der Waals surface area (Å²) in [5, 5.41) is 13.5. The van der Waals surface area contributed by atoms with Crippen LogP contribution in [-0.2, 0) is 6.54 Å². The van der Waals surface area contributed by atoms with E-state index in [0.29, 0.717) is 0 Å². The molecule has 6 nitrogen and oxygen atoms in total. The molecule has 126 valence electrons. The standard InChI is InChI=1S/C17H15N5OS2/c1-3-22-14(11-6-4-5-7-13(11)23-2)20-21-17(22)25-16-12-8-9-24-15(12)18-10-19-16/h4-10H,3H2,1-2H3. The minimum absolute atomic E-state index is 0.751. The van der Waals surface area contributed by atoms with Crippen molar-refractivity contribution in [3.05, 3.63) is 42.0 Å². The van der Waals surface area contributed by atoms with E-state index in [4.69, 9.17) is 4.74 Å². The van der Waals surface area contributed by atoms with Crippen LogP contribution in [0.2, 0.25) is 0 Å². The van der Waals surface area contributed by atoms with Gasteiger partial charge in [-0.05, 0) is 42.3 Å². The fourth-order valence-corrected chi connectivity index (χ4v) is 4.37. The van der Waals surface area contributed by atoms with Gasteiger partial charge in [-0.25, -0.2) is 9.97 Å². The van der Waals surface area contributed by atoms with Gasteiger partial charge in [0.15, 0.2) is 11.0 Å². The van der Waals surface area contributed by atoms with Crippen LogP contribution in [0.15, 0.2) is 52.2 Å². The normalized spacial score (nSPS) is 11.1. The molecule has 3 aromatic heterocycles. The highest BCUT2D eigenvalue weighted by Gasteiger charge is 2.18. The number of aromatic nitrogens is 5. The highest BCUT2D eigenvalue weighted by molar-refractivity contribution is 7.99. The number of para-hydroxylation sites is 1. The molecule has 0 aliphatic carbocycles. The largest absolute Gasteiger partial charge is 0.496 e. The fraction of sp³-hybridized carbons (Fsp3) is 0.176. The lowest BCUT2D eigenvalue weighted by atomic mass is 10.2. The summed E-state index contributed by atoms with van der Waals surface area (Å²) in [6.07, 6.45) is 1.59. The average molecular weight is 369 g/mol. The molecule has 0 saturated carbocycles. The molecule has 0 radical (unpaired) electrons. The molecule has 1 aromatic carbocycles. The Morgan fingerprint density at radius 2 is 2.04 bits per heavy atom. The minimum Gasteiger partial charge on any atom is -0.496 e. The Morgan fingerprint density at radius 1 is 1.16 bits per heavy atom. The molecule has 0 N–H and O–H groups in total. The van der Waals surface area contributed by atoms with Gasteiger partial charge in [0, 0.05) is 11.9 Å². The monoisotopic (exact) mass is 369 g/mol. The minimum atomic E-state index is 0.751. The molecule has 0 bridgehead atoms. The third-order valence-electron chi connectivity index (χ3n) is 3.79. The molecular formula is C17H15N5OS2. The first-order chi connectivity index (χ1) is 12.3. The van der Waals surface area contributed by atoms with Gasteiger partial charge in [-0.2, -0.15) is 0 Å². The van der Waals surface area contributed by atoms with E-state index in [9.17, 15) is 0 Å². The Morgan fingerprint density at radius 3 is 2.88 bits per heavy atom. The second-order valence-corrected chi connectivity index (χ2v) is 7.02. The summed E-state index contributed by atoms with van der Waals surface area (Å²) < 4.78 is 7.54. The smallest absolute Gasteiger partial charge is 0.197 e. The Bertz CT molecular complexity index is 1030. The van der Waals surface area contributed by atoms with Crippen molar-refractivity contribution in [1.29, 1.82) is 0 Å². The quantitative estimate of drug-likeness (QED) is 0.493. The number of methoxy groups -OCH3 is 1. The van der Waals surface area contributed by atoms with Gasteiger partial charge in [-0.15, -0.1) is 21.5 Å². The van der Waals surface area contributed by atoms with E-state index in [1.165, 1.54) is 11.8 Å². The summed E-state index contributed by atoms with van der Waals surface area (Å²) in [6, 6.07) is 9.87. The fourth-order valence-electron chi connectivity index (χ4n) is 2.61. The number of benzene rings is 1. The van der Waals surface area contributed by atoms with Crippen LogP contribution in [0.25, 0.3) is 21.6 Å². The van der Waals surface area contributed by atoms with E-state index < -0.39 is 0 Å². The molecule has 4 rings (SSSR count). The van der Waals surface area contributed by atoms with Crippen LogP contribution in [0.3, 0.4) is 0 Å². The molecule has 25 heavy (non-hydrogen) atoms. The predicted octanol–water partition coefficient (Wildman–Crippen LogP) is 4.13. The molecular weight excluding hydrogens is 354 g/mol. The Kier molecular flexibility index (Phi) is 4.37. The predicted molar refractivity (Wildman–Crippen MR) is 99.2 cm³/mol. The number of ether oxygens (including phenoxy) is 1. The third kappa shape index (κ3) is 2.87. The third-order valence-corrected chi connectivity index (χ3v) is 5.62. The number of fused-ring (bicyclic) bond motifs is 1. The molecule has 0 aliphatic rings. The SMILES string of the molecule is CCn1c(Sc2ncnc3sccc23)nnc1-c1ccccc1OC. The molecule has 8 heteroatoms. The number of thiophene rings is 1. The first-order valence-corrected chi connectivity index (χ1v) is 9.44. The topological polar surface area (TPSA) is 65.7 Å². The van der Waals surface area contributed by atoms with Crippen molar-refractivity contribution in [2.75, 3.05) is 7.11 Å². The Labute approximate surface area is 152 Å². The molecule has 0 spiro atoms. The maximum absolute atomic E-state index is 5.47. The maximum Gasteiger partial charge on any atom is 0.197 e. The summed E-state index contributed by atoms with van der Waals surface area (Å²) in [5.41, 5.74) is 0.926. The van der Waals surface area contributed by atoms with Crippen molar-refractivity contribution >= 4 is 33.3 Å². The van der Waals surface area contributed by atoms with E-state index in [2.05, 4.69) is 31.7 Å². The van der Waals surface area contributed by atoms with Crippen molar-refractivity contribution in [3.63, 3.8) is 0 Å². The summed E-state index contributed by atoms with van der Waals surface area (Å²) in [4.78, 5) is 9.69. The summed E-state index contributed by atoms with van der Waals surface area (Å²) in [6.45, 7) is 2.83. The molecule has 3 heterocycles. The van der Waals surface area contributed by atoms with Gasteiger partial charge in [-0.3, -0.25) is 0 Å². The Balaban J connectivity index is 1.77. The second kappa shape index (κ2) is 6.81. The maximum atomic E-state index is 5.47. The molecule has 0 atom stereocenters. The molecule has 0 saturated heterocycles. The van der Waals surface area contributed by atoms with Crippen LogP contribution < -0.4 is 4.74 Å². The van der Waals surface area contributed by atoms with E-state index in [-0.39, 0.29) is 0 Å². The summed E-state index contributed by atoms with van der Waals surface area (Å²) in [5.74, 6) is 1.57. The lowest BCUT2D eigenvalue weighted by Crippen LogP contribution is -2.01. The van der Waals surface area contributed by atoms with Crippen molar-refractivity contribution in [3.8, 4) is 17.1 Å². The second-order valence-electron chi connectivity index (χ2n) is 5.17. The number of hydrogen-bond donors (Lipinski definition) is 0. The first-order valence-electron chi connectivity index (χ1n) is 7.74. The van der Waals surface area contributed by atoms with E-state index >= 15 is 0 Å². The van der Waals surface area contributed by atoms with Gasteiger partial charge in [0.2, 0.25) is 0 Å². The number of hydrogen-bond acceptors (Lipinski definition) is 7. The van der Waals surface area contributed by atoms with Crippen LogP contribution >= 0.6 is 23.1 Å². The highest BCUT2D eigenvalue weighted by atomic mass is 32.2. The average Bonchev–Trinajstić information content (AvgIpc) is 3.28. The van der Waals surface area contributed by atoms with Crippen LogP contribution in [0.5, 0.6) is 5.75 Å². The zero-order valence-corrected chi connectivity index (χ0v) is 15.3. The Hall–Kier alpha value is -2.45. The van der Waals surface area contributed by atoms with Crippen LogP contribution in [0.1, 0.15) is 6.92 Å². The van der Waals surface area contributed by atoms with Crippen LogP contribution in [0, 0.1) is 0 Å². The number of nitrogens with zero attached hydrogens (tertiary/aromatic N) is 5. The molecule has 0 aliphatic heterocycles. The molecule has 0 unspecified atom stereocenters. The van der Waals surface area contributed by atoms with Crippen molar-refractivity contribution < 1.29 is 4.74 Å². The van der Waals surface area contributed by atoms with E-state index in [1.54, 1.807) is 24.8 Å². The molecule has 4 aromatic rings. The van der Waals surface area contributed by atoms with Gasteiger partial charge >= 0.3 is 0 Å². The summed E-state index contributed by atoms with van der Waals surface area (Å²) >= 11 is 3.11. The van der Waals surface area contributed by atoms with Crippen LogP contribution in [0.4, 0.5) is 0 Å². The first kappa shape index (κ1) is 16.0. The summed E-state index contributed by atoms with van der Waals surface area (Å²) in [7, 11) is 1.66. The van der Waals surface area contributed by atoms with Crippen molar-refractivity contribution in [2.24, 2.45) is 0 Å². The van der Waals surface area contributed by atoms with E-state index in [1.807, 2.05) is 35.7 Å².